The lowest BCUT2D eigenvalue weighted by atomic mass is 9.74. The first kappa shape index (κ1) is 18.2. The molecule has 6 nitrogen and oxygen atoms in total. The zero-order valence-electron chi connectivity index (χ0n) is 14.1. The number of anilines is 1. The number of carbonyl (C=O) groups is 2. The molecule has 0 aliphatic carbocycles. The number of carboxylic acids is 2. The van der Waals surface area contributed by atoms with Gasteiger partial charge in [0.05, 0.1) is 11.0 Å². The molecule has 2 N–H and O–H groups in total. The Kier molecular flexibility index (Phi) is 5.13. The molecule has 1 aromatic heterocycles. The van der Waals surface area contributed by atoms with Gasteiger partial charge in [-0.15, -0.1) is 0 Å². The number of halogens is 1. The molecular weight excluding hydrogens is 356 g/mol. The first-order chi connectivity index (χ1) is 12.4. The van der Waals surface area contributed by atoms with E-state index in [1.54, 1.807) is 12.1 Å². The maximum atomic E-state index is 12.0. The van der Waals surface area contributed by atoms with Crippen LogP contribution in [0.5, 0.6) is 0 Å². The van der Waals surface area contributed by atoms with Gasteiger partial charge in [-0.2, -0.15) is 0 Å². The normalized spacial score (nSPS) is 16.3. The van der Waals surface area contributed by atoms with E-state index in [1.165, 1.54) is 18.3 Å². The SMILES string of the molecule is O=C(O)c1ccnc(N2CCC(Cc3ccc(Cl)cc3)(C(=O)O)CC2)c1. The smallest absolute Gasteiger partial charge is 0.335 e. The van der Waals surface area contributed by atoms with Crippen molar-refractivity contribution in [2.75, 3.05) is 18.0 Å². The Balaban J connectivity index is 1.75. The van der Waals surface area contributed by atoms with E-state index in [-0.39, 0.29) is 5.56 Å². The lowest BCUT2D eigenvalue weighted by molar-refractivity contribution is -0.150. The van der Waals surface area contributed by atoms with Crippen LogP contribution in [-0.2, 0) is 11.2 Å². The number of aromatic nitrogens is 1. The average Bonchev–Trinajstić information content (AvgIpc) is 2.64. The van der Waals surface area contributed by atoms with Crippen molar-refractivity contribution in [2.24, 2.45) is 5.41 Å². The molecule has 0 spiro atoms. The molecule has 2 heterocycles. The second-order valence-electron chi connectivity index (χ2n) is 6.58. The van der Waals surface area contributed by atoms with Crippen LogP contribution < -0.4 is 4.90 Å². The second-order valence-corrected chi connectivity index (χ2v) is 7.02. The monoisotopic (exact) mass is 374 g/mol. The minimum atomic E-state index is -1.01. The average molecular weight is 375 g/mol. The van der Waals surface area contributed by atoms with Gasteiger partial charge in [0.25, 0.3) is 0 Å². The van der Waals surface area contributed by atoms with Crippen LogP contribution in [0.2, 0.25) is 5.02 Å². The van der Waals surface area contributed by atoms with Crippen LogP contribution in [0.1, 0.15) is 28.8 Å². The van der Waals surface area contributed by atoms with Crippen molar-refractivity contribution in [2.45, 2.75) is 19.3 Å². The van der Waals surface area contributed by atoms with Crippen LogP contribution in [0.3, 0.4) is 0 Å². The number of pyridine rings is 1. The first-order valence-electron chi connectivity index (χ1n) is 8.32. The van der Waals surface area contributed by atoms with Gasteiger partial charge in [-0.25, -0.2) is 9.78 Å². The molecule has 0 radical (unpaired) electrons. The summed E-state index contributed by atoms with van der Waals surface area (Å²) in [6, 6.07) is 10.2. The molecule has 2 aromatic rings. The fourth-order valence-electron chi connectivity index (χ4n) is 3.35. The summed E-state index contributed by atoms with van der Waals surface area (Å²) in [7, 11) is 0. The Bertz CT molecular complexity index is 815. The summed E-state index contributed by atoms with van der Waals surface area (Å²) in [5.41, 5.74) is 0.275. The molecule has 0 saturated carbocycles. The molecule has 7 heteroatoms. The molecule has 1 aromatic carbocycles. The highest BCUT2D eigenvalue weighted by Crippen LogP contribution is 2.37. The Morgan fingerprint density at radius 2 is 1.77 bits per heavy atom. The van der Waals surface area contributed by atoms with Gasteiger partial charge in [0.1, 0.15) is 5.82 Å². The molecule has 1 fully saturated rings. The molecule has 1 aliphatic rings. The van der Waals surface area contributed by atoms with Crippen molar-refractivity contribution in [1.82, 2.24) is 4.98 Å². The quantitative estimate of drug-likeness (QED) is 0.834. The van der Waals surface area contributed by atoms with Crippen molar-refractivity contribution in [3.05, 3.63) is 58.7 Å². The maximum Gasteiger partial charge on any atom is 0.335 e. The summed E-state index contributed by atoms with van der Waals surface area (Å²) in [5, 5.41) is 19.6. The zero-order chi connectivity index (χ0) is 18.7. The topological polar surface area (TPSA) is 90.7 Å². The zero-order valence-corrected chi connectivity index (χ0v) is 14.8. The molecular formula is C19H19ClN2O4. The molecule has 1 aliphatic heterocycles. The number of piperidine rings is 1. The van der Waals surface area contributed by atoms with Crippen LogP contribution in [0.25, 0.3) is 0 Å². The van der Waals surface area contributed by atoms with E-state index >= 15 is 0 Å². The fourth-order valence-corrected chi connectivity index (χ4v) is 3.47. The highest BCUT2D eigenvalue weighted by atomic mass is 35.5. The maximum absolute atomic E-state index is 12.0. The number of carboxylic acid groups (broad SMARTS) is 2. The van der Waals surface area contributed by atoms with E-state index in [2.05, 4.69) is 4.98 Å². The summed E-state index contributed by atoms with van der Waals surface area (Å²) >= 11 is 5.90. The molecule has 0 atom stereocenters. The molecule has 0 amide bonds. The van der Waals surface area contributed by atoms with Gasteiger partial charge in [-0.05, 0) is 49.1 Å². The lowest BCUT2D eigenvalue weighted by Crippen LogP contribution is -2.46. The number of hydrogen-bond acceptors (Lipinski definition) is 4. The van der Waals surface area contributed by atoms with Crippen molar-refractivity contribution in [3.63, 3.8) is 0 Å². The standard InChI is InChI=1S/C19H19ClN2O4/c20-15-3-1-13(2-4-15)12-19(18(25)26)6-9-22(10-7-19)16-11-14(17(23)24)5-8-21-16/h1-5,8,11H,6-7,9-10,12H2,(H,23,24)(H,25,26). The molecule has 3 rings (SSSR count). The summed E-state index contributed by atoms with van der Waals surface area (Å²) in [6.45, 7) is 1.02. The Hall–Kier alpha value is -2.60. The van der Waals surface area contributed by atoms with Crippen molar-refractivity contribution < 1.29 is 19.8 Å². The Morgan fingerprint density at radius 3 is 2.35 bits per heavy atom. The molecule has 1 saturated heterocycles. The van der Waals surface area contributed by atoms with Crippen LogP contribution in [0, 0.1) is 5.41 Å². The fraction of sp³-hybridized carbons (Fsp3) is 0.316. The van der Waals surface area contributed by atoms with Crippen molar-refractivity contribution >= 4 is 29.4 Å². The lowest BCUT2D eigenvalue weighted by Gasteiger charge is -2.39. The van der Waals surface area contributed by atoms with E-state index in [9.17, 15) is 14.7 Å². The summed E-state index contributed by atoms with van der Waals surface area (Å²) in [5.74, 6) is -1.25. The van der Waals surface area contributed by atoms with Crippen LogP contribution >= 0.6 is 11.6 Å². The summed E-state index contributed by atoms with van der Waals surface area (Å²) in [4.78, 5) is 29.3. The van der Waals surface area contributed by atoms with Gasteiger partial charge in [-0.3, -0.25) is 4.79 Å². The van der Waals surface area contributed by atoms with Crippen LogP contribution in [-0.4, -0.2) is 40.2 Å². The predicted octanol–water partition coefficient (Wildman–Crippen LogP) is 3.35. The highest BCUT2D eigenvalue weighted by Gasteiger charge is 2.41. The van der Waals surface area contributed by atoms with Gasteiger partial charge in [0.2, 0.25) is 0 Å². The van der Waals surface area contributed by atoms with E-state index in [1.807, 2.05) is 17.0 Å². The minimum Gasteiger partial charge on any atom is -0.481 e. The number of rotatable bonds is 5. The van der Waals surface area contributed by atoms with Gasteiger partial charge >= 0.3 is 11.9 Å². The number of hydrogen-bond donors (Lipinski definition) is 2. The summed E-state index contributed by atoms with van der Waals surface area (Å²) in [6.07, 6.45) is 2.83. The van der Waals surface area contributed by atoms with E-state index in [4.69, 9.17) is 16.7 Å². The predicted molar refractivity (Wildman–Crippen MR) is 97.9 cm³/mol. The van der Waals surface area contributed by atoms with E-state index < -0.39 is 17.4 Å². The van der Waals surface area contributed by atoms with E-state index in [0.29, 0.717) is 43.2 Å². The largest absolute Gasteiger partial charge is 0.481 e. The van der Waals surface area contributed by atoms with Gasteiger partial charge in [0.15, 0.2) is 0 Å². The van der Waals surface area contributed by atoms with Crippen LogP contribution in [0.4, 0.5) is 5.82 Å². The van der Waals surface area contributed by atoms with Gasteiger partial charge in [-0.1, -0.05) is 23.7 Å². The van der Waals surface area contributed by atoms with Crippen LogP contribution in [0.15, 0.2) is 42.6 Å². The molecule has 0 unspecified atom stereocenters. The first-order valence-corrected chi connectivity index (χ1v) is 8.70. The number of aromatic carboxylic acids is 1. The molecule has 26 heavy (non-hydrogen) atoms. The minimum absolute atomic E-state index is 0.172. The van der Waals surface area contributed by atoms with Crippen molar-refractivity contribution in [1.29, 1.82) is 0 Å². The number of aliphatic carboxylic acids is 1. The van der Waals surface area contributed by atoms with Crippen molar-refractivity contribution in [3.8, 4) is 0 Å². The van der Waals surface area contributed by atoms with Gasteiger partial charge in [0, 0.05) is 24.3 Å². The Labute approximate surface area is 156 Å². The number of benzene rings is 1. The molecule has 0 bridgehead atoms. The number of nitrogens with zero attached hydrogens (tertiary/aromatic N) is 2. The summed E-state index contributed by atoms with van der Waals surface area (Å²) < 4.78 is 0. The third kappa shape index (κ3) is 3.80. The molecule has 136 valence electrons. The Morgan fingerprint density at radius 1 is 1.12 bits per heavy atom. The third-order valence-corrected chi connectivity index (χ3v) is 5.20. The van der Waals surface area contributed by atoms with E-state index in [0.717, 1.165) is 5.56 Å². The third-order valence-electron chi connectivity index (χ3n) is 4.95. The second kappa shape index (κ2) is 7.33. The highest BCUT2D eigenvalue weighted by molar-refractivity contribution is 6.30. The van der Waals surface area contributed by atoms with Gasteiger partial charge < -0.3 is 15.1 Å².